The molecule has 0 amide bonds. The molecule has 20 atom stereocenters. The molecule has 4 aliphatic rings. The molecule has 45 heavy (non-hydrogen) atoms. The van der Waals surface area contributed by atoms with Gasteiger partial charge in [-0.2, -0.15) is 0 Å². The zero-order valence-electron chi connectivity index (χ0n) is 23.5. The maximum Gasteiger partial charge on any atom is 0.187 e. The van der Waals surface area contributed by atoms with Crippen LogP contribution in [-0.4, -0.2) is 221 Å². The van der Waals surface area contributed by atoms with Crippen LogP contribution in [0.5, 0.6) is 0 Å². The third-order valence-electron chi connectivity index (χ3n) is 8.17. The smallest absolute Gasteiger partial charge is 0.187 e. The summed E-state index contributed by atoms with van der Waals surface area (Å²) in [7, 11) is 0. The summed E-state index contributed by atoms with van der Waals surface area (Å²) in [4.78, 5) is 0. The van der Waals surface area contributed by atoms with Crippen LogP contribution >= 0.6 is 0 Å². The minimum atomic E-state index is -1.99. The second kappa shape index (κ2) is 15.6. The lowest BCUT2D eigenvalue weighted by atomic mass is 9.96. The van der Waals surface area contributed by atoms with Gasteiger partial charge in [0, 0.05) is 0 Å². The summed E-state index contributed by atoms with van der Waals surface area (Å²) < 4.78 is 37.4. The van der Waals surface area contributed by atoms with Crippen molar-refractivity contribution in [2.75, 3.05) is 26.4 Å². The van der Waals surface area contributed by atoms with Crippen molar-refractivity contribution in [3.63, 3.8) is 0 Å². The highest BCUT2D eigenvalue weighted by Gasteiger charge is 2.52. The Balaban J connectivity index is 1.41. The molecule has 14 N–H and O–H groups in total. The SMILES string of the molecule is OCC1OC(OCC2OC(OC3C(O)C(CO)OC(OCC4OC(O)C(O)C(O)C4O)C3O)C(O)C(O)C2O)C(O)C(O)C1O. The summed E-state index contributed by atoms with van der Waals surface area (Å²) in [5.74, 6) is 0. The van der Waals surface area contributed by atoms with E-state index in [1.54, 1.807) is 0 Å². The largest absolute Gasteiger partial charge is 0.394 e. The number of hydrogen-bond acceptors (Lipinski definition) is 21. The van der Waals surface area contributed by atoms with Gasteiger partial charge in [0.1, 0.15) is 97.7 Å². The van der Waals surface area contributed by atoms with Gasteiger partial charge in [0.2, 0.25) is 0 Å². The Hall–Kier alpha value is -0.840. The Kier molecular flexibility index (Phi) is 12.8. The average Bonchev–Trinajstić information content (AvgIpc) is 3.02. The molecular weight excluding hydrogens is 624 g/mol. The third-order valence-corrected chi connectivity index (χ3v) is 8.17. The van der Waals surface area contributed by atoms with E-state index in [1.807, 2.05) is 0 Å². The van der Waals surface area contributed by atoms with E-state index >= 15 is 0 Å². The van der Waals surface area contributed by atoms with E-state index < -0.39 is 149 Å². The molecule has 4 heterocycles. The van der Waals surface area contributed by atoms with Crippen LogP contribution in [0.3, 0.4) is 0 Å². The van der Waals surface area contributed by atoms with Gasteiger partial charge in [0.15, 0.2) is 25.2 Å². The molecule has 4 saturated heterocycles. The molecule has 0 radical (unpaired) electrons. The standard InChI is InChI=1S/C24H42O21/c25-1-5-9(27)14(32)17(35)22(42-5)39-4-8-11(29)15(33)18(36)24(44-8)45-20-12(30)6(2-26)43-23(19(20)37)40-3-7-10(28)13(31)16(34)21(38)41-7/h5-38H,1-4H2. The third kappa shape index (κ3) is 7.75. The van der Waals surface area contributed by atoms with Crippen LogP contribution in [0.15, 0.2) is 0 Å². The van der Waals surface area contributed by atoms with Gasteiger partial charge in [0.05, 0.1) is 26.4 Å². The maximum absolute atomic E-state index is 10.9. The van der Waals surface area contributed by atoms with E-state index in [2.05, 4.69) is 0 Å². The fourth-order valence-corrected chi connectivity index (χ4v) is 5.33. The van der Waals surface area contributed by atoms with Crippen molar-refractivity contribution in [2.45, 2.75) is 123 Å². The molecule has 21 nitrogen and oxygen atoms in total. The first-order valence-corrected chi connectivity index (χ1v) is 14.1. The second-order valence-corrected chi connectivity index (χ2v) is 11.2. The minimum Gasteiger partial charge on any atom is -0.394 e. The minimum absolute atomic E-state index is 0.657. The predicted molar refractivity (Wildman–Crippen MR) is 134 cm³/mol. The summed E-state index contributed by atoms with van der Waals surface area (Å²) >= 11 is 0. The van der Waals surface area contributed by atoms with Crippen molar-refractivity contribution in [1.29, 1.82) is 0 Å². The molecule has 0 aromatic heterocycles. The Morgan fingerprint density at radius 1 is 0.378 bits per heavy atom. The Bertz CT molecular complexity index is 916. The number of ether oxygens (including phenoxy) is 7. The molecule has 0 aromatic rings. The molecule has 20 unspecified atom stereocenters. The zero-order valence-corrected chi connectivity index (χ0v) is 23.5. The molecule has 0 aliphatic carbocycles. The van der Waals surface area contributed by atoms with E-state index in [0.29, 0.717) is 0 Å². The van der Waals surface area contributed by atoms with Crippen molar-refractivity contribution in [3.05, 3.63) is 0 Å². The Morgan fingerprint density at radius 3 is 1.31 bits per heavy atom. The molecule has 4 aliphatic heterocycles. The van der Waals surface area contributed by atoms with E-state index in [1.165, 1.54) is 0 Å². The molecule has 4 fully saturated rings. The Labute approximate surface area is 254 Å². The molecular formula is C24H42O21. The highest BCUT2D eigenvalue weighted by Crippen LogP contribution is 2.31. The van der Waals surface area contributed by atoms with Crippen molar-refractivity contribution >= 4 is 0 Å². The molecule has 264 valence electrons. The number of aliphatic hydroxyl groups is 14. The number of rotatable bonds is 10. The summed E-state index contributed by atoms with van der Waals surface area (Å²) in [6, 6.07) is 0. The number of hydrogen-bond donors (Lipinski definition) is 14. The van der Waals surface area contributed by atoms with E-state index in [0.717, 1.165) is 0 Å². The number of aliphatic hydroxyl groups excluding tert-OH is 14. The van der Waals surface area contributed by atoms with Crippen LogP contribution in [0.1, 0.15) is 0 Å². The monoisotopic (exact) mass is 666 g/mol. The highest BCUT2D eigenvalue weighted by atomic mass is 16.8. The van der Waals surface area contributed by atoms with Crippen LogP contribution in [0.2, 0.25) is 0 Å². The lowest BCUT2D eigenvalue weighted by Crippen LogP contribution is -2.65. The van der Waals surface area contributed by atoms with Gasteiger partial charge < -0.3 is 105 Å². The maximum atomic E-state index is 10.9. The predicted octanol–water partition coefficient (Wildman–Crippen LogP) is -9.75. The fraction of sp³-hybridized carbons (Fsp3) is 1.00. The van der Waals surface area contributed by atoms with Crippen LogP contribution < -0.4 is 0 Å². The summed E-state index contributed by atoms with van der Waals surface area (Å²) in [6.45, 7) is -2.93. The summed E-state index contributed by atoms with van der Waals surface area (Å²) in [5, 5.41) is 142. The normalized spacial score (nSPS) is 52.9. The van der Waals surface area contributed by atoms with Gasteiger partial charge in [-0.05, 0) is 0 Å². The first kappa shape index (κ1) is 37.0. The fourth-order valence-electron chi connectivity index (χ4n) is 5.33. The van der Waals surface area contributed by atoms with E-state index in [4.69, 9.17) is 33.2 Å². The van der Waals surface area contributed by atoms with Crippen molar-refractivity contribution in [2.24, 2.45) is 0 Å². The quantitative estimate of drug-likeness (QED) is 0.103. The summed E-state index contributed by atoms with van der Waals surface area (Å²) in [5.41, 5.74) is 0. The first-order chi connectivity index (χ1) is 21.2. The van der Waals surface area contributed by atoms with Crippen LogP contribution in [0.25, 0.3) is 0 Å². The lowest BCUT2D eigenvalue weighted by molar-refractivity contribution is -0.369. The van der Waals surface area contributed by atoms with Gasteiger partial charge in [-0.3, -0.25) is 0 Å². The van der Waals surface area contributed by atoms with Gasteiger partial charge in [0.25, 0.3) is 0 Å². The van der Waals surface area contributed by atoms with Gasteiger partial charge in [-0.1, -0.05) is 0 Å². The molecule has 21 heteroatoms. The zero-order chi connectivity index (χ0) is 33.3. The van der Waals surface area contributed by atoms with Gasteiger partial charge in [-0.25, -0.2) is 0 Å². The van der Waals surface area contributed by atoms with Crippen LogP contribution in [0.4, 0.5) is 0 Å². The molecule has 0 spiro atoms. The lowest BCUT2D eigenvalue weighted by Gasteiger charge is -2.46. The molecule has 0 aromatic carbocycles. The second-order valence-electron chi connectivity index (χ2n) is 11.2. The molecule has 0 saturated carbocycles. The topological polar surface area (TPSA) is 348 Å². The molecule has 4 rings (SSSR count). The van der Waals surface area contributed by atoms with Crippen molar-refractivity contribution in [1.82, 2.24) is 0 Å². The van der Waals surface area contributed by atoms with Gasteiger partial charge in [-0.15, -0.1) is 0 Å². The van der Waals surface area contributed by atoms with Crippen LogP contribution in [-0.2, 0) is 33.2 Å². The van der Waals surface area contributed by atoms with Gasteiger partial charge >= 0.3 is 0 Å². The first-order valence-electron chi connectivity index (χ1n) is 14.1. The Morgan fingerprint density at radius 2 is 0.778 bits per heavy atom. The van der Waals surface area contributed by atoms with Crippen molar-refractivity contribution in [3.8, 4) is 0 Å². The van der Waals surface area contributed by atoms with Crippen molar-refractivity contribution < 1.29 is 105 Å². The highest BCUT2D eigenvalue weighted by molar-refractivity contribution is 4.95. The summed E-state index contributed by atoms with van der Waals surface area (Å²) in [6.07, 6.45) is -34.8. The molecule has 0 bridgehead atoms. The van der Waals surface area contributed by atoms with E-state index in [9.17, 15) is 71.5 Å². The average molecular weight is 667 g/mol. The van der Waals surface area contributed by atoms with Crippen LogP contribution in [0, 0.1) is 0 Å². The van der Waals surface area contributed by atoms with E-state index in [-0.39, 0.29) is 0 Å².